The van der Waals surface area contributed by atoms with Crippen LogP contribution in [0.2, 0.25) is 0 Å². The van der Waals surface area contributed by atoms with Crippen molar-refractivity contribution < 1.29 is 14.6 Å². The number of amides is 1. The standard InChI is InChI=1S/C15H22N2O3/c1-11-15(19,7-8-20-11)10-17-9-12-3-5-13(6-4-12)14(18)16-2/h3-6,11,17,19H,7-10H2,1-2H3,(H,16,18). The molecule has 0 aliphatic carbocycles. The molecule has 1 aliphatic rings. The summed E-state index contributed by atoms with van der Waals surface area (Å²) in [6.07, 6.45) is 0.530. The highest BCUT2D eigenvalue weighted by atomic mass is 16.5. The number of rotatable bonds is 5. The van der Waals surface area contributed by atoms with E-state index in [0.29, 0.717) is 31.7 Å². The summed E-state index contributed by atoms with van der Waals surface area (Å²) in [5.41, 5.74) is 0.947. The summed E-state index contributed by atoms with van der Waals surface area (Å²) in [5.74, 6) is -0.0873. The van der Waals surface area contributed by atoms with Crippen molar-refractivity contribution in [1.29, 1.82) is 0 Å². The number of ether oxygens (including phenoxy) is 1. The highest BCUT2D eigenvalue weighted by molar-refractivity contribution is 5.93. The number of carbonyl (C=O) groups excluding carboxylic acids is 1. The smallest absolute Gasteiger partial charge is 0.251 e. The molecule has 0 radical (unpaired) electrons. The van der Waals surface area contributed by atoms with Crippen molar-refractivity contribution in [3.8, 4) is 0 Å². The van der Waals surface area contributed by atoms with E-state index >= 15 is 0 Å². The molecule has 1 heterocycles. The fourth-order valence-corrected chi connectivity index (χ4v) is 2.34. The molecule has 1 aromatic rings. The maximum Gasteiger partial charge on any atom is 0.251 e. The molecule has 1 amide bonds. The Kier molecular flexibility index (Phi) is 4.75. The summed E-state index contributed by atoms with van der Waals surface area (Å²) in [6.45, 7) is 3.67. The van der Waals surface area contributed by atoms with Crippen molar-refractivity contribution >= 4 is 5.91 Å². The van der Waals surface area contributed by atoms with E-state index in [1.165, 1.54) is 0 Å². The minimum atomic E-state index is -0.776. The van der Waals surface area contributed by atoms with Crippen molar-refractivity contribution in [3.05, 3.63) is 35.4 Å². The molecule has 1 aromatic carbocycles. The molecule has 2 atom stereocenters. The van der Waals surface area contributed by atoms with Crippen LogP contribution >= 0.6 is 0 Å². The minimum Gasteiger partial charge on any atom is -0.386 e. The summed E-state index contributed by atoms with van der Waals surface area (Å²) >= 11 is 0. The van der Waals surface area contributed by atoms with Gasteiger partial charge in [-0.1, -0.05) is 12.1 Å². The van der Waals surface area contributed by atoms with Crippen LogP contribution in [-0.4, -0.2) is 42.9 Å². The van der Waals surface area contributed by atoms with E-state index in [1.807, 2.05) is 19.1 Å². The molecule has 110 valence electrons. The number of nitrogens with one attached hydrogen (secondary N) is 2. The lowest BCUT2D eigenvalue weighted by atomic mass is 9.96. The Labute approximate surface area is 119 Å². The zero-order valence-corrected chi connectivity index (χ0v) is 12.0. The van der Waals surface area contributed by atoms with Crippen LogP contribution in [0.1, 0.15) is 29.3 Å². The molecule has 0 bridgehead atoms. The van der Waals surface area contributed by atoms with Crippen molar-refractivity contribution in [2.24, 2.45) is 0 Å². The number of hydrogen-bond donors (Lipinski definition) is 3. The van der Waals surface area contributed by atoms with Crippen molar-refractivity contribution in [2.75, 3.05) is 20.2 Å². The van der Waals surface area contributed by atoms with Crippen LogP contribution in [0.15, 0.2) is 24.3 Å². The first-order valence-electron chi connectivity index (χ1n) is 6.91. The zero-order chi connectivity index (χ0) is 14.6. The lowest BCUT2D eigenvalue weighted by Gasteiger charge is -2.26. The van der Waals surface area contributed by atoms with Gasteiger partial charge in [-0.05, 0) is 24.6 Å². The molecule has 0 saturated carbocycles. The van der Waals surface area contributed by atoms with Crippen LogP contribution in [0.3, 0.4) is 0 Å². The minimum absolute atomic E-state index is 0.0873. The van der Waals surface area contributed by atoms with Gasteiger partial charge in [0.25, 0.3) is 5.91 Å². The number of carbonyl (C=O) groups is 1. The fourth-order valence-electron chi connectivity index (χ4n) is 2.34. The predicted octanol–water partition coefficient (Wildman–Crippen LogP) is 0.676. The average molecular weight is 278 g/mol. The largest absolute Gasteiger partial charge is 0.386 e. The van der Waals surface area contributed by atoms with E-state index in [-0.39, 0.29) is 12.0 Å². The Hall–Kier alpha value is -1.43. The van der Waals surface area contributed by atoms with Crippen LogP contribution in [-0.2, 0) is 11.3 Å². The van der Waals surface area contributed by atoms with Crippen molar-refractivity contribution in [3.63, 3.8) is 0 Å². The molecule has 20 heavy (non-hydrogen) atoms. The van der Waals surface area contributed by atoms with E-state index in [9.17, 15) is 9.90 Å². The van der Waals surface area contributed by atoms with Gasteiger partial charge in [-0.3, -0.25) is 4.79 Å². The van der Waals surface area contributed by atoms with Gasteiger partial charge in [0, 0.05) is 38.7 Å². The van der Waals surface area contributed by atoms with Crippen molar-refractivity contribution in [1.82, 2.24) is 10.6 Å². The summed E-state index contributed by atoms with van der Waals surface area (Å²) in [4.78, 5) is 11.4. The summed E-state index contributed by atoms with van der Waals surface area (Å²) in [7, 11) is 1.61. The van der Waals surface area contributed by atoms with Crippen LogP contribution in [0.25, 0.3) is 0 Å². The second kappa shape index (κ2) is 6.35. The van der Waals surface area contributed by atoms with Gasteiger partial charge >= 0.3 is 0 Å². The van der Waals surface area contributed by atoms with Gasteiger partial charge in [-0.2, -0.15) is 0 Å². The maximum atomic E-state index is 11.4. The van der Waals surface area contributed by atoms with Crippen LogP contribution in [0.4, 0.5) is 0 Å². The first-order chi connectivity index (χ1) is 9.55. The molecule has 5 heteroatoms. The topological polar surface area (TPSA) is 70.6 Å². The van der Waals surface area contributed by atoms with Gasteiger partial charge in [-0.15, -0.1) is 0 Å². The Balaban J connectivity index is 1.84. The summed E-state index contributed by atoms with van der Waals surface area (Å²) < 4.78 is 5.39. The molecule has 2 unspecified atom stereocenters. The lowest BCUT2D eigenvalue weighted by Crippen LogP contribution is -2.45. The van der Waals surface area contributed by atoms with E-state index in [0.717, 1.165) is 5.56 Å². The van der Waals surface area contributed by atoms with E-state index in [2.05, 4.69) is 10.6 Å². The quantitative estimate of drug-likeness (QED) is 0.740. The fraction of sp³-hybridized carbons (Fsp3) is 0.533. The van der Waals surface area contributed by atoms with Gasteiger partial charge in [0.1, 0.15) is 5.60 Å². The average Bonchev–Trinajstić information content (AvgIpc) is 2.79. The Bertz CT molecular complexity index is 461. The molecular formula is C15H22N2O3. The highest BCUT2D eigenvalue weighted by Gasteiger charge is 2.38. The molecule has 5 nitrogen and oxygen atoms in total. The Morgan fingerprint density at radius 3 is 2.70 bits per heavy atom. The summed E-state index contributed by atoms with van der Waals surface area (Å²) in [6, 6.07) is 7.42. The van der Waals surface area contributed by atoms with Gasteiger partial charge in [-0.25, -0.2) is 0 Å². The highest BCUT2D eigenvalue weighted by Crippen LogP contribution is 2.24. The first kappa shape index (κ1) is 15.0. The molecule has 0 aromatic heterocycles. The predicted molar refractivity (Wildman–Crippen MR) is 76.5 cm³/mol. The summed E-state index contributed by atoms with van der Waals surface area (Å²) in [5, 5.41) is 16.2. The zero-order valence-electron chi connectivity index (χ0n) is 12.0. The molecule has 0 spiro atoms. The SMILES string of the molecule is CNC(=O)c1ccc(CNCC2(O)CCOC2C)cc1. The Morgan fingerprint density at radius 1 is 1.45 bits per heavy atom. The van der Waals surface area contributed by atoms with Crippen LogP contribution in [0.5, 0.6) is 0 Å². The van der Waals surface area contributed by atoms with E-state index in [4.69, 9.17) is 4.74 Å². The third kappa shape index (κ3) is 3.36. The van der Waals surface area contributed by atoms with Crippen LogP contribution < -0.4 is 10.6 Å². The molecule has 2 rings (SSSR count). The first-order valence-corrected chi connectivity index (χ1v) is 6.91. The Morgan fingerprint density at radius 2 is 2.15 bits per heavy atom. The lowest BCUT2D eigenvalue weighted by molar-refractivity contribution is -0.0262. The normalized spacial score (nSPS) is 25.6. The monoisotopic (exact) mass is 278 g/mol. The van der Waals surface area contributed by atoms with Gasteiger partial charge in [0.15, 0.2) is 0 Å². The van der Waals surface area contributed by atoms with E-state index in [1.54, 1.807) is 19.2 Å². The molecule has 1 saturated heterocycles. The second-order valence-corrected chi connectivity index (χ2v) is 5.25. The number of hydrogen-bond acceptors (Lipinski definition) is 4. The van der Waals surface area contributed by atoms with Crippen LogP contribution in [0, 0.1) is 0 Å². The number of benzene rings is 1. The van der Waals surface area contributed by atoms with Gasteiger partial charge in [0.05, 0.1) is 6.10 Å². The van der Waals surface area contributed by atoms with Gasteiger partial charge < -0.3 is 20.5 Å². The van der Waals surface area contributed by atoms with Gasteiger partial charge in [0.2, 0.25) is 0 Å². The second-order valence-electron chi connectivity index (χ2n) is 5.25. The third-order valence-electron chi connectivity index (χ3n) is 3.86. The molecule has 1 fully saturated rings. The molecule has 1 aliphatic heterocycles. The number of aliphatic hydroxyl groups is 1. The van der Waals surface area contributed by atoms with Crippen molar-refractivity contribution in [2.45, 2.75) is 31.6 Å². The molecular weight excluding hydrogens is 256 g/mol. The maximum absolute atomic E-state index is 11.4. The third-order valence-corrected chi connectivity index (χ3v) is 3.86. The van der Waals surface area contributed by atoms with E-state index < -0.39 is 5.60 Å². The molecule has 3 N–H and O–H groups in total.